The number of guanidine groups is 3. The van der Waals surface area contributed by atoms with Crippen LogP contribution in [0.5, 0.6) is 0 Å². The van der Waals surface area contributed by atoms with Gasteiger partial charge in [-0.25, -0.2) is 90.5 Å². The van der Waals surface area contributed by atoms with Gasteiger partial charge in [0.2, 0.25) is 47.9 Å². The Bertz CT molecular complexity index is 4640. The Morgan fingerprint density at radius 3 is 1.07 bits per heavy atom. The van der Waals surface area contributed by atoms with Gasteiger partial charge in [-0.1, -0.05) is 83.3 Å². The predicted molar refractivity (Wildman–Crippen MR) is 475 cm³/mol. The van der Waals surface area contributed by atoms with Crippen LogP contribution < -0.4 is 10.8 Å². The topological polar surface area (TPSA) is 320 Å². The van der Waals surface area contributed by atoms with E-state index >= 15 is 4.39 Å². The van der Waals surface area contributed by atoms with Crippen molar-refractivity contribution >= 4 is 141 Å². The molecule has 3 saturated heterocycles. The van der Waals surface area contributed by atoms with Crippen molar-refractivity contribution in [2.45, 2.75) is 285 Å². The summed E-state index contributed by atoms with van der Waals surface area (Å²) in [6.07, 6.45) is -2.48. The number of ether oxygens (including phenoxy) is 5. The first-order valence-electron chi connectivity index (χ1n) is 39.5. The van der Waals surface area contributed by atoms with E-state index in [4.69, 9.17) is 56.6 Å². The Kier molecular flexibility index (Phi) is 31.6. The van der Waals surface area contributed by atoms with Crippen LogP contribution in [0.25, 0.3) is 0 Å². The lowest BCUT2D eigenvalue weighted by Crippen LogP contribution is -2.56. The van der Waals surface area contributed by atoms with Crippen molar-refractivity contribution < 1.29 is 104 Å². The van der Waals surface area contributed by atoms with E-state index in [1.54, 1.807) is 68.4 Å². The molecule has 3 fully saturated rings. The standard InChI is InChI=1S/C28H47BFN3O7SSi.C22H35BrFN3O5SSi.C16H21BrFN3O4S.C12H24B2O4/c1-25(2,3)38-24(34)33(19-37-15-16-42(10,11)12)23-31-28(8,18-41(35,36)32(23)9)21-17-20(13-14-22(21)30)29-39-26(4,5)27(6,7)40-29;1-21(2,3)32-20(28)27(15-31-11-12-34(6,7)8)19-25-22(4,14-33(29,30)26(19)5)17-13-16(23)9-10-18(17)24;1-15(2,3)25-14(22)19-13-20-16(4,9-26(23,24)21(13)5)11-8-10(17)6-7-12(11)18;1-9(2)10(3,4)16-13(15-9)14-17-11(5,6)12(7,8)18-14/h13-14,17H,15-16,18-19H2,1-12H3;9-10,13H,11-12,14-15H2,1-8H3;6-8H,9H2,1-5H3,(H,19,20,22);1-8H3/t28-;22-;16-;/m000./s1. The third-order valence-electron chi connectivity index (χ3n) is 21.2. The first-order valence-corrected chi connectivity index (χ1v) is 53.3. The number of benzene rings is 3. The average Bonchev–Trinajstić information content (AvgIpc) is 1.14. The number of aliphatic imine (C=N–C) groups is 3. The number of hydrogen-bond donors (Lipinski definition) is 1. The van der Waals surface area contributed by atoms with Gasteiger partial charge in [-0.05, 0) is 226 Å². The fourth-order valence-corrected chi connectivity index (χ4v) is 18.8. The number of sulfonamides is 3. The van der Waals surface area contributed by atoms with Crippen LogP contribution >= 0.6 is 31.9 Å². The Morgan fingerprint density at radius 1 is 0.467 bits per heavy atom. The molecule has 3 amide bonds. The minimum atomic E-state index is -4.05. The zero-order chi connectivity index (χ0) is 92.1. The zero-order valence-corrected chi connectivity index (χ0v) is 83.8. The number of hydrogen-bond acceptors (Lipinski definition) is 23. The largest absolute Gasteiger partial charge is 0.494 e. The van der Waals surface area contributed by atoms with Crippen LogP contribution in [0, 0.1) is 17.5 Å². The summed E-state index contributed by atoms with van der Waals surface area (Å²) in [5.41, 5.74) is -8.88. The van der Waals surface area contributed by atoms with Gasteiger partial charge in [-0.2, -0.15) is 0 Å². The Balaban J connectivity index is 0.000000258. The molecular formula is C78H127B3Br2F3N9O20S3Si2. The Labute approximate surface area is 730 Å². The highest BCUT2D eigenvalue weighted by molar-refractivity contribution is 9.10. The number of carbonyl (C=O) groups excluding carboxylic acids is 3. The molecule has 1 N–H and O–H groups in total. The second-order valence-corrected chi connectivity index (χ2v) is 58.8. The SMILES string of the molecule is CC1(C)OB(B2OC(C)(C)C(C)(C)O2)OC1(C)C.CN1C(N(COCC[Si](C)(C)C)C(=O)OC(C)(C)C)=N[C@](C)(c2cc(B3OC(C)(C)C(C)(C)O3)ccc2F)CS1(=O)=O.CN1C(N(COCC[Si](C)(C)C)C(=O)OC(C)(C)C)=N[C@](C)(c2cc(Br)ccc2F)CS1(=O)=O.CN1C(NC(=O)OC(C)(C)C)=N[C@](C)(c2cc(Br)ccc2F)CS1(=O)=O. The molecule has 3 aromatic rings. The summed E-state index contributed by atoms with van der Waals surface area (Å²) in [6, 6.07) is 14.5. The average molecular weight is 1910 g/mol. The Morgan fingerprint density at radius 2 is 0.758 bits per heavy atom. The molecule has 674 valence electrons. The van der Waals surface area contributed by atoms with Crippen LogP contribution in [0.15, 0.2) is 78.5 Å². The molecule has 0 unspecified atom stereocenters. The fraction of sp³-hybridized carbons (Fsp3) is 0.692. The highest BCUT2D eigenvalue weighted by Gasteiger charge is 2.64. The van der Waals surface area contributed by atoms with Crippen molar-refractivity contribution in [3.63, 3.8) is 0 Å². The number of carbonyl (C=O) groups is 3. The molecule has 0 radical (unpaired) electrons. The van der Waals surface area contributed by atoms with Crippen LogP contribution in [0.3, 0.4) is 0 Å². The van der Waals surface area contributed by atoms with Crippen LogP contribution in [0.1, 0.15) is 183 Å². The summed E-state index contributed by atoms with van der Waals surface area (Å²) < 4.78 is 191. The van der Waals surface area contributed by atoms with Gasteiger partial charge in [-0.3, -0.25) is 5.32 Å². The van der Waals surface area contributed by atoms with Crippen LogP contribution in [0.2, 0.25) is 51.4 Å². The second-order valence-electron chi connectivity index (χ2n) is 39.7. The summed E-state index contributed by atoms with van der Waals surface area (Å²) in [6.45, 7) is 57.1. The fourth-order valence-electron chi connectivity index (χ4n) is 12.1. The molecule has 6 aliphatic heterocycles. The molecule has 3 atom stereocenters. The second kappa shape index (κ2) is 36.6. The van der Waals surface area contributed by atoms with E-state index in [2.05, 4.69) is 86.4 Å². The molecule has 9 rings (SSSR count). The molecule has 0 bridgehead atoms. The third kappa shape index (κ3) is 26.5. The Hall–Kier alpha value is -5.21. The first kappa shape index (κ1) is 104. The molecule has 0 aliphatic carbocycles. The van der Waals surface area contributed by atoms with Gasteiger partial charge in [-0.15, -0.1) is 0 Å². The summed E-state index contributed by atoms with van der Waals surface area (Å²) in [5.74, 6) is -3.89. The van der Waals surface area contributed by atoms with Crippen molar-refractivity contribution in [2.24, 2.45) is 15.0 Å². The number of rotatable bonds is 15. The smallest absolute Gasteiger partial charge is 0.444 e. The highest BCUT2D eigenvalue weighted by Crippen LogP contribution is 2.45. The van der Waals surface area contributed by atoms with Crippen LogP contribution in [-0.2, 0) is 98.3 Å². The first-order chi connectivity index (χ1) is 53.8. The molecular weight excluding hydrogens is 1780 g/mol. The van der Waals surface area contributed by atoms with Gasteiger partial charge in [0.15, 0.2) is 0 Å². The maximum Gasteiger partial charge on any atom is 0.494 e. The van der Waals surface area contributed by atoms with E-state index in [-0.39, 0.29) is 70.4 Å². The summed E-state index contributed by atoms with van der Waals surface area (Å²) in [7, 11) is -12.5. The van der Waals surface area contributed by atoms with E-state index in [9.17, 15) is 48.4 Å². The molecule has 3 aromatic carbocycles. The van der Waals surface area contributed by atoms with Crippen molar-refractivity contribution in [1.29, 1.82) is 0 Å². The number of halogens is 5. The van der Waals surface area contributed by atoms with E-state index < -0.39 is 165 Å². The molecule has 0 saturated carbocycles. The summed E-state index contributed by atoms with van der Waals surface area (Å²) in [5, 5.41) is 2.34. The normalized spacial score (nSPS) is 23.8. The van der Waals surface area contributed by atoms with Crippen molar-refractivity contribution in [3.05, 3.63) is 97.7 Å². The molecule has 6 aliphatic rings. The quantitative estimate of drug-likeness (QED) is 0.0639. The molecule has 42 heteroatoms. The van der Waals surface area contributed by atoms with Crippen LogP contribution in [0.4, 0.5) is 27.6 Å². The number of amides is 3. The van der Waals surface area contributed by atoms with Gasteiger partial charge in [0, 0.05) is 76.1 Å². The lowest BCUT2D eigenvalue weighted by molar-refractivity contribution is 0.00578. The number of nitrogens with one attached hydrogen (secondary N) is 1. The monoisotopic (exact) mass is 1910 g/mol. The highest BCUT2D eigenvalue weighted by atomic mass is 79.9. The predicted octanol–water partition coefficient (Wildman–Crippen LogP) is 14.7. The van der Waals surface area contributed by atoms with Gasteiger partial charge in [0.25, 0.3) is 0 Å². The summed E-state index contributed by atoms with van der Waals surface area (Å²) in [4.78, 5) is 54.3. The minimum absolute atomic E-state index is 0.0349. The molecule has 29 nitrogen and oxygen atoms in total. The lowest BCUT2D eigenvalue weighted by Gasteiger charge is -2.39. The van der Waals surface area contributed by atoms with Gasteiger partial charge >= 0.3 is 39.4 Å². The van der Waals surface area contributed by atoms with Crippen molar-refractivity contribution in [3.8, 4) is 0 Å². The van der Waals surface area contributed by atoms with Gasteiger partial charge < -0.3 is 51.6 Å². The number of alkyl carbamates (subject to hydrolysis) is 1. The maximum atomic E-state index is 15.5. The number of nitrogens with zero attached hydrogens (tertiary/aromatic N) is 8. The third-order valence-corrected chi connectivity index (χ3v) is 31.4. The molecule has 120 heavy (non-hydrogen) atoms. The van der Waals surface area contributed by atoms with Gasteiger partial charge in [0.1, 0.15) is 64.3 Å². The molecule has 0 spiro atoms. The van der Waals surface area contributed by atoms with E-state index in [1.807, 2.05) is 83.1 Å². The zero-order valence-electron chi connectivity index (χ0n) is 76.1. The van der Waals surface area contributed by atoms with E-state index in [0.29, 0.717) is 27.6 Å². The lowest BCUT2D eigenvalue weighted by atomic mass is 9.49. The molecule has 0 aromatic heterocycles. The van der Waals surface area contributed by atoms with Crippen molar-refractivity contribution in [1.82, 2.24) is 28.0 Å². The van der Waals surface area contributed by atoms with Gasteiger partial charge in [0.05, 0.1) is 50.9 Å². The minimum Gasteiger partial charge on any atom is -0.444 e. The van der Waals surface area contributed by atoms with E-state index in [0.717, 1.165) is 34.8 Å². The molecule has 6 heterocycles. The summed E-state index contributed by atoms with van der Waals surface area (Å²) >= 11 is 6.56. The van der Waals surface area contributed by atoms with Crippen LogP contribution in [-0.4, -0.2) is 237 Å². The van der Waals surface area contributed by atoms with E-state index in [1.165, 1.54) is 90.4 Å². The maximum absolute atomic E-state index is 15.5. The van der Waals surface area contributed by atoms with Crippen molar-refractivity contribution in [2.75, 3.05) is 65.1 Å².